The molecule has 0 unspecified atom stereocenters. The Morgan fingerprint density at radius 1 is 1.54 bits per heavy atom. The van der Waals surface area contributed by atoms with Gasteiger partial charge in [-0.3, -0.25) is 0 Å². The molecule has 0 aliphatic heterocycles. The van der Waals surface area contributed by atoms with Crippen molar-refractivity contribution in [2.24, 2.45) is 0 Å². The quantitative estimate of drug-likeness (QED) is 0.591. The fourth-order valence-electron chi connectivity index (χ4n) is 1.18. The molecular weight excluding hydrogens is 180 g/mol. The molecule has 0 aromatic heterocycles. The van der Waals surface area contributed by atoms with Crippen LogP contribution in [0.5, 0.6) is 0 Å². The molecule has 0 radical (unpaired) electrons. The van der Waals surface area contributed by atoms with E-state index in [1.165, 1.54) is 0 Å². The van der Waals surface area contributed by atoms with E-state index in [1.807, 2.05) is 24.5 Å². The molecule has 1 aromatic rings. The van der Waals surface area contributed by atoms with E-state index in [0.29, 0.717) is 6.42 Å². The van der Waals surface area contributed by atoms with Crippen LogP contribution >= 0.6 is 11.8 Å². The van der Waals surface area contributed by atoms with Crippen LogP contribution in [0.15, 0.2) is 23.1 Å². The number of hydrogen-bond donors (Lipinski definition) is 1. The van der Waals surface area contributed by atoms with Crippen molar-refractivity contribution in [3.05, 3.63) is 23.8 Å². The number of nitriles is 1. The average Bonchev–Trinajstić information content (AvgIpc) is 2.16. The van der Waals surface area contributed by atoms with Crippen LogP contribution < -0.4 is 5.73 Å². The Morgan fingerprint density at radius 2 is 2.31 bits per heavy atom. The molecule has 0 saturated carbocycles. The van der Waals surface area contributed by atoms with E-state index in [-0.39, 0.29) is 0 Å². The molecule has 0 aliphatic carbocycles. The number of rotatable bonds is 3. The summed E-state index contributed by atoms with van der Waals surface area (Å²) < 4.78 is 0. The van der Waals surface area contributed by atoms with Crippen LogP contribution in [0.3, 0.4) is 0 Å². The van der Waals surface area contributed by atoms with Gasteiger partial charge in [-0.1, -0.05) is 12.1 Å². The third kappa shape index (κ3) is 2.40. The van der Waals surface area contributed by atoms with Crippen molar-refractivity contribution < 1.29 is 0 Å². The van der Waals surface area contributed by atoms with Crippen LogP contribution in [0.25, 0.3) is 0 Å². The van der Waals surface area contributed by atoms with Crippen molar-refractivity contribution in [1.82, 2.24) is 0 Å². The van der Waals surface area contributed by atoms with Gasteiger partial charge in [0.1, 0.15) is 0 Å². The second-order valence-electron chi connectivity index (χ2n) is 2.69. The standard InChI is InChI=1S/C10H12N2S/c1-13-9-6-2-4-8(10(9)12)5-3-7-11/h2,4,6H,3,5,12H2,1H3. The van der Waals surface area contributed by atoms with Gasteiger partial charge < -0.3 is 5.73 Å². The molecule has 13 heavy (non-hydrogen) atoms. The first-order chi connectivity index (χ1) is 6.29. The lowest BCUT2D eigenvalue weighted by Crippen LogP contribution is -1.95. The summed E-state index contributed by atoms with van der Waals surface area (Å²) in [4.78, 5) is 1.09. The highest BCUT2D eigenvalue weighted by Gasteiger charge is 2.02. The summed E-state index contributed by atoms with van der Waals surface area (Å²) in [6, 6.07) is 8.07. The van der Waals surface area contributed by atoms with Gasteiger partial charge in [-0.2, -0.15) is 5.26 Å². The zero-order valence-corrected chi connectivity index (χ0v) is 8.40. The van der Waals surface area contributed by atoms with Crippen molar-refractivity contribution >= 4 is 17.4 Å². The summed E-state index contributed by atoms with van der Waals surface area (Å²) >= 11 is 1.64. The minimum absolute atomic E-state index is 0.530. The van der Waals surface area contributed by atoms with Gasteiger partial charge in [0.25, 0.3) is 0 Å². The highest BCUT2D eigenvalue weighted by atomic mass is 32.2. The number of hydrogen-bond acceptors (Lipinski definition) is 3. The van der Waals surface area contributed by atoms with Gasteiger partial charge in [0.15, 0.2) is 0 Å². The van der Waals surface area contributed by atoms with Gasteiger partial charge in [-0.15, -0.1) is 11.8 Å². The molecule has 0 heterocycles. The highest BCUT2D eigenvalue weighted by Crippen LogP contribution is 2.26. The van der Waals surface area contributed by atoms with Crippen molar-refractivity contribution in [3.63, 3.8) is 0 Å². The van der Waals surface area contributed by atoms with Crippen LogP contribution in [0.2, 0.25) is 0 Å². The third-order valence-electron chi connectivity index (χ3n) is 1.88. The number of aryl methyl sites for hydroxylation is 1. The molecule has 1 rings (SSSR count). The molecular formula is C10H12N2S. The van der Waals surface area contributed by atoms with Gasteiger partial charge >= 0.3 is 0 Å². The first-order valence-corrected chi connectivity index (χ1v) is 5.30. The fourth-order valence-corrected chi connectivity index (χ4v) is 1.74. The molecule has 0 amide bonds. The van der Waals surface area contributed by atoms with Crippen molar-refractivity contribution in [1.29, 1.82) is 5.26 Å². The van der Waals surface area contributed by atoms with E-state index < -0.39 is 0 Å². The van der Waals surface area contributed by atoms with Crippen LogP contribution in [0.1, 0.15) is 12.0 Å². The van der Waals surface area contributed by atoms with E-state index in [9.17, 15) is 0 Å². The zero-order valence-electron chi connectivity index (χ0n) is 7.58. The van der Waals surface area contributed by atoms with Gasteiger partial charge in [0.2, 0.25) is 0 Å². The summed E-state index contributed by atoms with van der Waals surface area (Å²) in [5.74, 6) is 0. The van der Waals surface area contributed by atoms with Crippen molar-refractivity contribution in [2.75, 3.05) is 12.0 Å². The predicted molar refractivity (Wildman–Crippen MR) is 56.6 cm³/mol. The lowest BCUT2D eigenvalue weighted by Gasteiger charge is -2.07. The molecule has 0 saturated heterocycles. The minimum Gasteiger partial charge on any atom is -0.398 e. The van der Waals surface area contributed by atoms with E-state index in [2.05, 4.69) is 6.07 Å². The normalized spacial score (nSPS) is 9.54. The Hall–Kier alpha value is -1.14. The molecule has 2 N–H and O–H groups in total. The smallest absolute Gasteiger partial charge is 0.0625 e. The number of para-hydroxylation sites is 1. The summed E-state index contributed by atoms with van der Waals surface area (Å²) in [6.07, 6.45) is 3.28. The number of nitrogens with two attached hydrogens (primary N) is 1. The van der Waals surface area contributed by atoms with Gasteiger partial charge in [-0.05, 0) is 24.3 Å². The Labute approximate surface area is 82.7 Å². The molecule has 3 heteroatoms. The maximum atomic E-state index is 8.45. The Bertz CT molecular complexity index is 328. The number of thioether (sulfide) groups is 1. The first-order valence-electron chi connectivity index (χ1n) is 4.08. The Balaban J connectivity index is 2.89. The van der Waals surface area contributed by atoms with Crippen molar-refractivity contribution in [3.8, 4) is 6.07 Å². The van der Waals surface area contributed by atoms with Gasteiger partial charge in [0.05, 0.1) is 6.07 Å². The monoisotopic (exact) mass is 192 g/mol. The number of benzene rings is 1. The lowest BCUT2D eigenvalue weighted by atomic mass is 10.1. The molecule has 0 atom stereocenters. The maximum Gasteiger partial charge on any atom is 0.0625 e. The number of anilines is 1. The SMILES string of the molecule is CSc1cccc(CCC#N)c1N. The van der Waals surface area contributed by atoms with Crippen LogP contribution in [0.4, 0.5) is 5.69 Å². The second kappa shape index (κ2) is 4.78. The molecule has 1 aromatic carbocycles. The molecule has 2 nitrogen and oxygen atoms in total. The first kappa shape index (κ1) is 9.94. The third-order valence-corrected chi connectivity index (χ3v) is 2.68. The molecule has 0 spiro atoms. The summed E-state index contributed by atoms with van der Waals surface area (Å²) in [7, 11) is 0. The van der Waals surface area contributed by atoms with E-state index in [4.69, 9.17) is 11.0 Å². The minimum atomic E-state index is 0.530. The predicted octanol–water partition coefficient (Wildman–Crippen LogP) is 2.45. The number of nitrogen functional groups attached to an aromatic ring is 1. The summed E-state index contributed by atoms with van der Waals surface area (Å²) in [6.45, 7) is 0. The van der Waals surface area contributed by atoms with Crippen molar-refractivity contribution in [2.45, 2.75) is 17.7 Å². The molecule has 0 fully saturated rings. The maximum absolute atomic E-state index is 8.45. The number of nitrogens with zero attached hydrogens (tertiary/aromatic N) is 1. The Kier molecular flexibility index (Phi) is 3.66. The van der Waals surface area contributed by atoms with Crippen LogP contribution in [-0.4, -0.2) is 6.26 Å². The summed E-state index contributed by atoms with van der Waals surface area (Å²) in [5.41, 5.74) is 7.81. The molecule has 0 bridgehead atoms. The van der Waals surface area contributed by atoms with E-state index in [1.54, 1.807) is 11.8 Å². The zero-order chi connectivity index (χ0) is 9.68. The molecule has 68 valence electrons. The average molecular weight is 192 g/mol. The topological polar surface area (TPSA) is 49.8 Å². The second-order valence-corrected chi connectivity index (χ2v) is 3.54. The van der Waals surface area contributed by atoms with E-state index >= 15 is 0 Å². The van der Waals surface area contributed by atoms with E-state index in [0.717, 1.165) is 22.6 Å². The fraction of sp³-hybridized carbons (Fsp3) is 0.300. The largest absolute Gasteiger partial charge is 0.398 e. The molecule has 0 aliphatic rings. The van der Waals surface area contributed by atoms with Crippen LogP contribution in [-0.2, 0) is 6.42 Å². The highest BCUT2D eigenvalue weighted by molar-refractivity contribution is 7.98. The summed E-state index contributed by atoms with van der Waals surface area (Å²) in [5, 5.41) is 8.45. The van der Waals surface area contributed by atoms with Crippen LogP contribution in [0, 0.1) is 11.3 Å². The van der Waals surface area contributed by atoms with Gasteiger partial charge in [0, 0.05) is 17.0 Å². The van der Waals surface area contributed by atoms with Gasteiger partial charge in [-0.25, -0.2) is 0 Å². The Morgan fingerprint density at radius 3 is 2.92 bits per heavy atom. The lowest BCUT2D eigenvalue weighted by molar-refractivity contribution is 1.01.